The van der Waals surface area contributed by atoms with Crippen molar-refractivity contribution in [1.82, 2.24) is 0 Å². The Morgan fingerprint density at radius 2 is 2.00 bits per heavy atom. The molecule has 14 heavy (non-hydrogen) atoms. The Hall–Kier alpha value is -0.160. The number of rotatable bonds is 3. The minimum absolute atomic E-state index is 0.207. The van der Waals surface area contributed by atoms with E-state index in [1.807, 2.05) is 20.8 Å². The first kappa shape index (κ1) is 11.9. The number of hydrogen-bond acceptors (Lipinski definition) is 4. The zero-order valence-electron chi connectivity index (χ0n) is 9.12. The van der Waals surface area contributed by atoms with Crippen LogP contribution >= 0.6 is 0 Å². The lowest BCUT2D eigenvalue weighted by molar-refractivity contribution is -0.353. The summed E-state index contributed by atoms with van der Waals surface area (Å²) < 4.78 is 0. The summed E-state index contributed by atoms with van der Waals surface area (Å²) in [6, 6.07) is 0. The highest BCUT2D eigenvalue weighted by atomic mass is 17.1. The van der Waals surface area contributed by atoms with Gasteiger partial charge in [0.2, 0.25) is 0 Å². The molecule has 0 aliphatic heterocycles. The van der Waals surface area contributed by atoms with Gasteiger partial charge in [-0.15, -0.1) is 0 Å². The molecule has 0 aromatic rings. The van der Waals surface area contributed by atoms with Gasteiger partial charge in [0.25, 0.3) is 0 Å². The normalized spacial score (nSPS) is 34.5. The molecule has 0 radical (unpaired) electrons. The maximum absolute atomic E-state index is 8.80. The lowest BCUT2D eigenvalue weighted by atomic mass is 9.72. The zero-order chi connectivity index (χ0) is 10.8. The maximum Gasteiger partial charge on any atom is 0.101 e. The Bertz CT molecular complexity index is 188. The predicted octanol–water partition coefficient (Wildman–Crippen LogP) is 2.69. The molecule has 1 aliphatic carbocycles. The molecule has 1 saturated carbocycles. The summed E-state index contributed by atoms with van der Waals surface area (Å²) in [6.45, 7) is 5.58. The average molecular weight is 204 g/mol. The zero-order valence-corrected chi connectivity index (χ0v) is 9.12. The Kier molecular flexibility index (Phi) is 3.53. The lowest BCUT2D eigenvalue weighted by Crippen LogP contribution is -2.43. The molecule has 0 bridgehead atoms. The number of hydrogen-bond donors (Lipinski definition) is 2. The van der Waals surface area contributed by atoms with Crippen molar-refractivity contribution >= 4 is 0 Å². The molecule has 1 rings (SSSR count). The van der Waals surface area contributed by atoms with Crippen LogP contribution in [0.15, 0.2) is 0 Å². The van der Waals surface area contributed by atoms with E-state index in [1.54, 1.807) is 0 Å². The van der Waals surface area contributed by atoms with Crippen molar-refractivity contribution in [2.24, 2.45) is 5.92 Å². The topological polar surface area (TPSA) is 58.9 Å². The van der Waals surface area contributed by atoms with Crippen LogP contribution in [0.5, 0.6) is 0 Å². The van der Waals surface area contributed by atoms with Crippen LogP contribution < -0.4 is 0 Å². The van der Waals surface area contributed by atoms with Gasteiger partial charge in [0.05, 0.1) is 0 Å². The van der Waals surface area contributed by atoms with E-state index >= 15 is 0 Å². The molecule has 2 N–H and O–H groups in total. The SMILES string of the molecule is CC1(OO)CCC[C@@H](C(C)(C)OO)C1. The molecular formula is C10H20O4. The summed E-state index contributed by atoms with van der Waals surface area (Å²) >= 11 is 0. The molecular weight excluding hydrogens is 184 g/mol. The van der Waals surface area contributed by atoms with Crippen LogP contribution in [0.25, 0.3) is 0 Å². The van der Waals surface area contributed by atoms with E-state index in [0.29, 0.717) is 6.42 Å². The molecule has 0 aromatic heterocycles. The van der Waals surface area contributed by atoms with E-state index in [-0.39, 0.29) is 5.92 Å². The molecule has 4 nitrogen and oxygen atoms in total. The van der Waals surface area contributed by atoms with Gasteiger partial charge in [-0.2, -0.15) is 0 Å². The summed E-state index contributed by atoms with van der Waals surface area (Å²) in [5.74, 6) is 0.207. The van der Waals surface area contributed by atoms with Crippen LogP contribution in [-0.4, -0.2) is 21.7 Å². The van der Waals surface area contributed by atoms with Crippen molar-refractivity contribution in [3.8, 4) is 0 Å². The molecule has 0 amide bonds. The highest BCUT2D eigenvalue weighted by Gasteiger charge is 2.41. The van der Waals surface area contributed by atoms with Crippen LogP contribution in [0.4, 0.5) is 0 Å². The molecule has 1 aliphatic rings. The molecule has 1 fully saturated rings. The fourth-order valence-electron chi connectivity index (χ4n) is 2.20. The highest BCUT2D eigenvalue weighted by Crippen LogP contribution is 2.40. The molecule has 4 heteroatoms. The van der Waals surface area contributed by atoms with Crippen molar-refractivity contribution in [3.63, 3.8) is 0 Å². The molecule has 2 atom stereocenters. The lowest BCUT2D eigenvalue weighted by Gasteiger charge is -2.41. The molecule has 84 valence electrons. The third kappa shape index (κ3) is 2.45. The Morgan fingerprint density at radius 1 is 1.36 bits per heavy atom. The Labute approximate surface area is 84.7 Å². The smallest absolute Gasteiger partial charge is 0.101 e. The first-order chi connectivity index (χ1) is 6.43. The largest absolute Gasteiger partial charge is 0.251 e. The first-order valence-electron chi connectivity index (χ1n) is 5.09. The Morgan fingerprint density at radius 3 is 2.50 bits per heavy atom. The summed E-state index contributed by atoms with van der Waals surface area (Å²) in [5.41, 5.74) is -1.06. The van der Waals surface area contributed by atoms with Gasteiger partial charge in [-0.3, -0.25) is 10.5 Å². The summed E-state index contributed by atoms with van der Waals surface area (Å²) in [5, 5.41) is 17.6. The van der Waals surface area contributed by atoms with Crippen LogP contribution in [0.3, 0.4) is 0 Å². The van der Waals surface area contributed by atoms with E-state index in [9.17, 15) is 0 Å². The second-order valence-electron chi connectivity index (χ2n) is 5.03. The fraction of sp³-hybridized carbons (Fsp3) is 1.00. The molecule has 0 heterocycles. The maximum atomic E-state index is 8.80. The highest BCUT2D eigenvalue weighted by molar-refractivity contribution is 4.90. The van der Waals surface area contributed by atoms with Crippen LogP contribution in [0.1, 0.15) is 46.5 Å². The second-order valence-corrected chi connectivity index (χ2v) is 5.03. The van der Waals surface area contributed by atoms with E-state index in [2.05, 4.69) is 9.78 Å². The monoisotopic (exact) mass is 204 g/mol. The van der Waals surface area contributed by atoms with Crippen LogP contribution in [-0.2, 0) is 9.78 Å². The summed E-state index contributed by atoms with van der Waals surface area (Å²) in [6.07, 6.45) is 3.53. The van der Waals surface area contributed by atoms with Crippen molar-refractivity contribution in [3.05, 3.63) is 0 Å². The standard InChI is InChI=1S/C10H20O4/c1-9(2,13-11)8-5-4-6-10(3,7-8)14-12/h8,11-12H,4-7H2,1-3H3/t8-,10?/m1/s1. The molecule has 1 unspecified atom stereocenters. The van der Waals surface area contributed by atoms with Gasteiger partial charge in [0.15, 0.2) is 0 Å². The van der Waals surface area contributed by atoms with Crippen LogP contribution in [0.2, 0.25) is 0 Å². The van der Waals surface area contributed by atoms with Crippen molar-refractivity contribution in [1.29, 1.82) is 0 Å². The third-order valence-corrected chi connectivity index (χ3v) is 3.38. The Balaban J connectivity index is 2.65. The quantitative estimate of drug-likeness (QED) is 0.548. The summed E-state index contributed by atoms with van der Waals surface area (Å²) in [7, 11) is 0. The van der Waals surface area contributed by atoms with Gasteiger partial charge in [-0.25, -0.2) is 9.78 Å². The van der Waals surface area contributed by atoms with Crippen molar-refractivity contribution in [2.45, 2.75) is 57.7 Å². The fourth-order valence-corrected chi connectivity index (χ4v) is 2.20. The van der Waals surface area contributed by atoms with Gasteiger partial charge >= 0.3 is 0 Å². The van der Waals surface area contributed by atoms with E-state index in [1.165, 1.54) is 0 Å². The predicted molar refractivity (Wildman–Crippen MR) is 51.9 cm³/mol. The molecule has 0 spiro atoms. The minimum Gasteiger partial charge on any atom is -0.251 e. The van der Waals surface area contributed by atoms with E-state index in [4.69, 9.17) is 10.5 Å². The van der Waals surface area contributed by atoms with E-state index < -0.39 is 11.2 Å². The third-order valence-electron chi connectivity index (χ3n) is 3.38. The molecule has 0 saturated heterocycles. The minimum atomic E-state index is -0.569. The average Bonchev–Trinajstić information content (AvgIpc) is 2.18. The molecule has 0 aromatic carbocycles. The van der Waals surface area contributed by atoms with Gasteiger partial charge in [0, 0.05) is 0 Å². The van der Waals surface area contributed by atoms with E-state index in [0.717, 1.165) is 19.3 Å². The first-order valence-corrected chi connectivity index (χ1v) is 5.09. The van der Waals surface area contributed by atoms with Gasteiger partial charge in [-0.05, 0) is 46.0 Å². The van der Waals surface area contributed by atoms with Gasteiger partial charge in [-0.1, -0.05) is 6.42 Å². The van der Waals surface area contributed by atoms with Crippen LogP contribution in [0, 0.1) is 5.92 Å². The van der Waals surface area contributed by atoms with Crippen molar-refractivity contribution < 1.29 is 20.3 Å². The summed E-state index contributed by atoms with van der Waals surface area (Å²) in [4.78, 5) is 8.99. The van der Waals surface area contributed by atoms with Crippen molar-refractivity contribution in [2.75, 3.05) is 0 Å². The van der Waals surface area contributed by atoms with Gasteiger partial charge < -0.3 is 0 Å². The van der Waals surface area contributed by atoms with Gasteiger partial charge in [0.1, 0.15) is 11.2 Å². The second kappa shape index (κ2) is 4.14.